The van der Waals surface area contributed by atoms with Gasteiger partial charge in [-0.15, -0.1) is 0 Å². The zero-order valence-corrected chi connectivity index (χ0v) is 25.6. The standard InChI is InChI=1S/C36H38N4O6/c1-23(41)37-29-19-11-9-17-27(29)35(45)39-31(21-25-13-5-3-6-14-25)33(43)34(44)32(22-26-15-7-4-8-16-26)40-36(46)28-18-10-12-20-30(28)38-24(2)42/h3-20,31-34,43-44H,21-22H2,1-2H3,(H,37,41)(H,38,42)(H,39,45)(H,40,46)/t31-,32-,33-,34+/m0/s1. The zero-order chi connectivity index (χ0) is 33.1. The first kappa shape index (κ1) is 33.6. The van der Waals surface area contributed by atoms with Crippen LogP contribution in [0.4, 0.5) is 11.4 Å². The monoisotopic (exact) mass is 622 g/mol. The van der Waals surface area contributed by atoms with Gasteiger partial charge in [-0.3, -0.25) is 19.2 Å². The molecule has 0 radical (unpaired) electrons. The van der Waals surface area contributed by atoms with Crippen LogP contribution in [0.3, 0.4) is 0 Å². The van der Waals surface area contributed by atoms with Gasteiger partial charge in [0.15, 0.2) is 0 Å². The maximum atomic E-state index is 13.6. The first-order valence-corrected chi connectivity index (χ1v) is 14.9. The fourth-order valence-corrected chi connectivity index (χ4v) is 5.18. The molecule has 4 atom stereocenters. The summed E-state index contributed by atoms with van der Waals surface area (Å²) in [6.07, 6.45) is -2.78. The van der Waals surface area contributed by atoms with Crippen molar-refractivity contribution in [2.75, 3.05) is 10.6 Å². The summed E-state index contributed by atoms with van der Waals surface area (Å²) < 4.78 is 0. The van der Waals surface area contributed by atoms with E-state index in [1.54, 1.807) is 48.5 Å². The van der Waals surface area contributed by atoms with E-state index in [1.807, 2.05) is 60.7 Å². The number of amides is 4. The third kappa shape index (κ3) is 9.34. The van der Waals surface area contributed by atoms with Crippen molar-refractivity contribution in [3.63, 3.8) is 0 Å². The topological polar surface area (TPSA) is 157 Å². The lowest BCUT2D eigenvalue weighted by atomic mass is 9.90. The predicted molar refractivity (Wildman–Crippen MR) is 176 cm³/mol. The molecule has 0 spiro atoms. The second-order valence-corrected chi connectivity index (χ2v) is 11.0. The van der Waals surface area contributed by atoms with Gasteiger partial charge in [0.05, 0.1) is 34.6 Å². The summed E-state index contributed by atoms with van der Waals surface area (Å²) in [5.41, 5.74) is 2.55. The summed E-state index contributed by atoms with van der Waals surface area (Å²) in [6.45, 7) is 2.67. The van der Waals surface area contributed by atoms with Crippen LogP contribution in [-0.4, -0.2) is 58.1 Å². The number of carbonyl (C=O) groups excluding carboxylic acids is 4. The number of benzene rings is 4. The van der Waals surface area contributed by atoms with Crippen molar-refractivity contribution < 1.29 is 29.4 Å². The highest BCUT2D eigenvalue weighted by molar-refractivity contribution is 6.04. The molecule has 0 unspecified atom stereocenters. The number of hydrogen-bond acceptors (Lipinski definition) is 6. The van der Waals surface area contributed by atoms with Crippen molar-refractivity contribution in [2.24, 2.45) is 0 Å². The van der Waals surface area contributed by atoms with E-state index >= 15 is 0 Å². The number of aliphatic hydroxyl groups is 2. The van der Waals surface area contributed by atoms with Crippen molar-refractivity contribution in [3.8, 4) is 0 Å². The van der Waals surface area contributed by atoms with Crippen molar-refractivity contribution in [3.05, 3.63) is 131 Å². The molecule has 0 bridgehead atoms. The summed E-state index contributed by atoms with van der Waals surface area (Å²) in [5, 5.41) is 34.4. The average molecular weight is 623 g/mol. The molecule has 0 aliphatic heterocycles. The van der Waals surface area contributed by atoms with E-state index < -0.39 is 36.1 Å². The van der Waals surface area contributed by atoms with Gasteiger partial charge in [0, 0.05) is 13.8 Å². The fraction of sp³-hybridized carbons (Fsp3) is 0.222. The third-order valence-corrected chi connectivity index (χ3v) is 7.37. The molecule has 0 aliphatic carbocycles. The van der Waals surface area contributed by atoms with Crippen LogP contribution in [0.15, 0.2) is 109 Å². The normalized spacial score (nSPS) is 13.4. The van der Waals surface area contributed by atoms with E-state index in [4.69, 9.17) is 0 Å². The minimum absolute atomic E-state index is 0.157. The molecule has 0 fully saturated rings. The Labute approximate surface area is 267 Å². The van der Waals surface area contributed by atoms with Gasteiger partial charge in [0.1, 0.15) is 12.2 Å². The average Bonchev–Trinajstić information content (AvgIpc) is 3.04. The van der Waals surface area contributed by atoms with Crippen molar-refractivity contribution in [2.45, 2.75) is 51.0 Å². The zero-order valence-electron chi connectivity index (χ0n) is 25.6. The molecule has 6 N–H and O–H groups in total. The van der Waals surface area contributed by atoms with Gasteiger partial charge in [0.2, 0.25) is 11.8 Å². The first-order chi connectivity index (χ1) is 22.1. The molecule has 0 aliphatic rings. The van der Waals surface area contributed by atoms with E-state index in [2.05, 4.69) is 21.3 Å². The Bertz CT molecular complexity index is 1520. The molecule has 46 heavy (non-hydrogen) atoms. The van der Waals surface area contributed by atoms with Crippen molar-refractivity contribution in [1.29, 1.82) is 0 Å². The molecule has 0 saturated carbocycles. The first-order valence-electron chi connectivity index (χ1n) is 14.9. The Morgan fingerprint density at radius 1 is 0.522 bits per heavy atom. The van der Waals surface area contributed by atoms with Gasteiger partial charge in [-0.2, -0.15) is 0 Å². The quantitative estimate of drug-likeness (QED) is 0.134. The Hall–Kier alpha value is -5.32. The molecule has 10 heteroatoms. The van der Waals surface area contributed by atoms with Crippen molar-refractivity contribution >= 4 is 35.0 Å². The molecule has 0 heterocycles. The lowest BCUT2D eigenvalue weighted by molar-refractivity contribution is -0.115. The fourth-order valence-electron chi connectivity index (χ4n) is 5.18. The van der Waals surface area contributed by atoms with E-state index in [-0.39, 0.29) is 35.8 Å². The van der Waals surface area contributed by atoms with Crippen LogP contribution in [0.2, 0.25) is 0 Å². The van der Waals surface area contributed by atoms with Crippen molar-refractivity contribution in [1.82, 2.24) is 10.6 Å². The summed E-state index contributed by atoms with van der Waals surface area (Å²) in [6, 6.07) is 29.3. The van der Waals surface area contributed by atoms with Gasteiger partial charge in [0.25, 0.3) is 11.8 Å². The molecule has 4 aromatic rings. The largest absolute Gasteiger partial charge is 0.388 e. The second kappa shape index (κ2) is 16.1. The Morgan fingerprint density at radius 3 is 1.20 bits per heavy atom. The lowest BCUT2D eigenvalue weighted by Gasteiger charge is -2.33. The van der Waals surface area contributed by atoms with E-state index in [0.29, 0.717) is 11.4 Å². The third-order valence-electron chi connectivity index (χ3n) is 7.37. The van der Waals surface area contributed by atoms with E-state index in [9.17, 15) is 29.4 Å². The van der Waals surface area contributed by atoms with Gasteiger partial charge >= 0.3 is 0 Å². The Balaban J connectivity index is 1.65. The molecule has 4 rings (SSSR count). The lowest BCUT2D eigenvalue weighted by Crippen LogP contribution is -2.57. The van der Waals surface area contributed by atoms with E-state index in [0.717, 1.165) is 11.1 Å². The molecule has 0 aromatic heterocycles. The molecule has 10 nitrogen and oxygen atoms in total. The highest BCUT2D eigenvalue weighted by Gasteiger charge is 2.35. The second-order valence-electron chi connectivity index (χ2n) is 11.0. The molecule has 238 valence electrons. The highest BCUT2D eigenvalue weighted by atomic mass is 16.3. The van der Waals surface area contributed by atoms with Crippen LogP contribution in [-0.2, 0) is 22.4 Å². The van der Waals surface area contributed by atoms with Crippen LogP contribution in [0.1, 0.15) is 45.7 Å². The number of rotatable bonds is 13. The Morgan fingerprint density at radius 2 is 0.848 bits per heavy atom. The maximum absolute atomic E-state index is 13.6. The molecule has 4 amide bonds. The Kier molecular flexibility index (Phi) is 11.8. The summed E-state index contributed by atoms with van der Waals surface area (Å²) >= 11 is 0. The van der Waals surface area contributed by atoms with Crippen LogP contribution in [0.5, 0.6) is 0 Å². The number of carbonyl (C=O) groups is 4. The summed E-state index contributed by atoms with van der Waals surface area (Å²) in [7, 11) is 0. The van der Waals surface area contributed by atoms with Gasteiger partial charge < -0.3 is 31.5 Å². The summed E-state index contributed by atoms with van der Waals surface area (Å²) in [5.74, 6) is -1.83. The van der Waals surface area contributed by atoms with Gasteiger partial charge in [-0.1, -0.05) is 84.9 Å². The molecule has 0 saturated heterocycles. The highest BCUT2D eigenvalue weighted by Crippen LogP contribution is 2.20. The van der Waals surface area contributed by atoms with Crippen LogP contribution >= 0.6 is 0 Å². The molecular formula is C36H38N4O6. The molecular weight excluding hydrogens is 584 g/mol. The minimum Gasteiger partial charge on any atom is -0.388 e. The van der Waals surface area contributed by atoms with E-state index in [1.165, 1.54) is 13.8 Å². The predicted octanol–water partition coefficient (Wildman–Crippen LogP) is 3.71. The van der Waals surface area contributed by atoms with Crippen LogP contribution < -0.4 is 21.3 Å². The number of hydrogen-bond donors (Lipinski definition) is 6. The molecule has 4 aromatic carbocycles. The number of aliphatic hydroxyl groups excluding tert-OH is 2. The summed E-state index contributed by atoms with van der Waals surface area (Å²) in [4.78, 5) is 50.7. The van der Waals surface area contributed by atoms with Crippen LogP contribution in [0, 0.1) is 0 Å². The smallest absolute Gasteiger partial charge is 0.253 e. The van der Waals surface area contributed by atoms with Gasteiger partial charge in [-0.05, 0) is 48.2 Å². The van der Waals surface area contributed by atoms with Gasteiger partial charge in [-0.25, -0.2) is 0 Å². The number of anilines is 2. The number of para-hydroxylation sites is 2. The SMILES string of the molecule is CC(=O)Nc1ccccc1C(=O)N[C@@H](Cc1ccccc1)[C@H](O)[C@H](O)[C@H](Cc1ccccc1)NC(=O)c1ccccc1NC(C)=O. The van der Waals surface area contributed by atoms with Crippen LogP contribution in [0.25, 0.3) is 0 Å². The minimum atomic E-state index is -1.54. The number of nitrogens with one attached hydrogen (secondary N) is 4. The maximum Gasteiger partial charge on any atom is 0.253 e.